The van der Waals surface area contributed by atoms with E-state index in [0.29, 0.717) is 6.04 Å². The summed E-state index contributed by atoms with van der Waals surface area (Å²) < 4.78 is 0. The Morgan fingerprint density at radius 2 is 2.05 bits per heavy atom. The number of amides is 2. The van der Waals surface area contributed by atoms with Gasteiger partial charge in [0.25, 0.3) is 0 Å². The standard InChI is InChI=1S/C18H29N3O/c1-3-6-16-9-10-17(21(16)11-4-2)13-14-7-5-8-15(12-14)20-18(19)22/h5,7-8,12,16-17H,3-4,6,9-11,13H2,1-2H3,(H3,19,20,22)/t16-,17+/m0/s1. The van der Waals surface area contributed by atoms with E-state index in [9.17, 15) is 4.79 Å². The molecule has 2 amide bonds. The zero-order valence-corrected chi connectivity index (χ0v) is 13.8. The molecule has 3 N–H and O–H groups in total. The highest BCUT2D eigenvalue weighted by Crippen LogP contribution is 2.30. The third kappa shape index (κ3) is 4.47. The third-order valence-corrected chi connectivity index (χ3v) is 4.54. The number of nitrogens with zero attached hydrogens (tertiary/aromatic N) is 1. The lowest BCUT2D eigenvalue weighted by molar-refractivity contribution is 0.183. The summed E-state index contributed by atoms with van der Waals surface area (Å²) in [6.45, 7) is 5.72. The lowest BCUT2D eigenvalue weighted by Gasteiger charge is -2.30. The number of urea groups is 1. The Hall–Kier alpha value is -1.55. The van der Waals surface area contributed by atoms with Gasteiger partial charge in [-0.05, 0) is 56.3 Å². The van der Waals surface area contributed by atoms with Gasteiger partial charge in [0.05, 0.1) is 0 Å². The van der Waals surface area contributed by atoms with Crippen molar-refractivity contribution in [3.05, 3.63) is 29.8 Å². The summed E-state index contributed by atoms with van der Waals surface area (Å²) in [4.78, 5) is 13.7. The first-order valence-electron chi connectivity index (χ1n) is 8.55. The molecule has 1 aromatic rings. The molecule has 122 valence electrons. The molecule has 1 fully saturated rings. The van der Waals surface area contributed by atoms with E-state index >= 15 is 0 Å². The molecule has 0 unspecified atom stereocenters. The van der Waals surface area contributed by atoms with Crippen LogP contribution in [0.25, 0.3) is 0 Å². The topological polar surface area (TPSA) is 58.4 Å². The van der Waals surface area contributed by atoms with Crippen molar-refractivity contribution in [2.45, 2.75) is 64.5 Å². The minimum Gasteiger partial charge on any atom is -0.351 e. The second-order valence-corrected chi connectivity index (χ2v) is 6.31. The number of likely N-dealkylation sites (tertiary alicyclic amines) is 1. The van der Waals surface area contributed by atoms with Crippen LogP contribution in [0.5, 0.6) is 0 Å². The summed E-state index contributed by atoms with van der Waals surface area (Å²) in [5.74, 6) is 0. The Morgan fingerprint density at radius 3 is 2.73 bits per heavy atom. The van der Waals surface area contributed by atoms with Crippen molar-refractivity contribution in [2.75, 3.05) is 11.9 Å². The van der Waals surface area contributed by atoms with Gasteiger partial charge in [-0.2, -0.15) is 0 Å². The van der Waals surface area contributed by atoms with Crippen LogP contribution < -0.4 is 11.1 Å². The molecule has 1 aliphatic heterocycles. The van der Waals surface area contributed by atoms with Crippen LogP contribution in [0.1, 0.15) is 51.5 Å². The van der Waals surface area contributed by atoms with Crippen LogP contribution in [0, 0.1) is 0 Å². The third-order valence-electron chi connectivity index (χ3n) is 4.54. The van der Waals surface area contributed by atoms with E-state index in [0.717, 1.165) is 18.2 Å². The van der Waals surface area contributed by atoms with Crippen LogP contribution in [0.3, 0.4) is 0 Å². The first-order valence-corrected chi connectivity index (χ1v) is 8.55. The molecule has 4 heteroatoms. The zero-order valence-electron chi connectivity index (χ0n) is 13.8. The molecular weight excluding hydrogens is 274 g/mol. The molecule has 0 saturated carbocycles. The van der Waals surface area contributed by atoms with Crippen molar-refractivity contribution in [1.29, 1.82) is 0 Å². The molecule has 1 saturated heterocycles. The molecule has 1 aromatic carbocycles. The molecule has 1 heterocycles. The van der Waals surface area contributed by atoms with Gasteiger partial charge in [-0.15, -0.1) is 0 Å². The van der Waals surface area contributed by atoms with Crippen molar-refractivity contribution in [3.8, 4) is 0 Å². The number of carbonyl (C=O) groups is 1. The largest absolute Gasteiger partial charge is 0.351 e. The van der Waals surface area contributed by atoms with E-state index < -0.39 is 6.03 Å². The van der Waals surface area contributed by atoms with Gasteiger partial charge in [-0.1, -0.05) is 32.4 Å². The number of rotatable bonds is 7. The van der Waals surface area contributed by atoms with Crippen LogP contribution >= 0.6 is 0 Å². The number of anilines is 1. The monoisotopic (exact) mass is 303 g/mol. The average molecular weight is 303 g/mol. The molecule has 0 radical (unpaired) electrons. The van der Waals surface area contributed by atoms with Gasteiger partial charge < -0.3 is 11.1 Å². The van der Waals surface area contributed by atoms with Gasteiger partial charge in [0, 0.05) is 17.8 Å². The molecule has 0 spiro atoms. The first-order chi connectivity index (χ1) is 10.6. The van der Waals surface area contributed by atoms with E-state index in [4.69, 9.17) is 5.73 Å². The Kier molecular flexibility index (Phi) is 6.25. The molecule has 0 aliphatic carbocycles. The van der Waals surface area contributed by atoms with Crippen LogP contribution in [0.2, 0.25) is 0 Å². The van der Waals surface area contributed by atoms with Crippen LogP contribution in [-0.2, 0) is 6.42 Å². The molecule has 0 bridgehead atoms. The molecule has 0 aromatic heterocycles. The van der Waals surface area contributed by atoms with E-state index in [1.165, 1.54) is 44.2 Å². The quantitative estimate of drug-likeness (QED) is 0.805. The fourth-order valence-corrected chi connectivity index (χ4v) is 3.69. The molecule has 2 atom stereocenters. The SMILES string of the molecule is CCC[C@H]1CC[C@H](Cc2cccc(NC(N)=O)c2)N1CCC. The Bertz CT molecular complexity index is 489. The fraction of sp³-hybridized carbons (Fsp3) is 0.611. The number of benzene rings is 1. The van der Waals surface area contributed by atoms with E-state index in [1.807, 2.05) is 18.2 Å². The second kappa shape index (κ2) is 8.18. The zero-order chi connectivity index (χ0) is 15.9. The van der Waals surface area contributed by atoms with Crippen LogP contribution in [0.4, 0.5) is 10.5 Å². The minimum atomic E-state index is -0.506. The average Bonchev–Trinajstić information content (AvgIpc) is 2.82. The number of hydrogen-bond acceptors (Lipinski definition) is 2. The molecular formula is C18H29N3O. The summed E-state index contributed by atoms with van der Waals surface area (Å²) in [5.41, 5.74) is 7.25. The van der Waals surface area contributed by atoms with Gasteiger partial charge in [-0.3, -0.25) is 4.90 Å². The maximum Gasteiger partial charge on any atom is 0.316 e. The van der Waals surface area contributed by atoms with Crippen molar-refractivity contribution in [3.63, 3.8) is 0 Å². The smallest absolute Gasteiger partial charge is 0.316 e. The van der Waals surface area contributed by atoms with Gasteiger partial charge in [-0.25, -0.2) is 4.79 Å². The Morgan fingerprint density at radius 1 is 1.27 bits per heavy atom. The summed E-state index contributed by atoms with van der Waals surface area (Å²) in [6.07, 6.45) is 7.42. The van der Waals surface area contributed by atoms with Crippen molar-refractivity contribution < 1.29 is 4.79 Å². The predicted octanol–water partition coefficient (Wildman–Crippen LogP) is 3.76. The van der Waals surface area contributed by atoms with Crippen molar-refractivity contribution in [1.82, 2.24) is 4.90 Å². The highest BCUT2D eigenvalue weighted by Gasteiger charge is 2.31. The van der Waals surface area contributed by atoms with E-state index in [1.54, 1.807) is 0 Å². The van der Waals surface area contributed by atoms with Crippen LogP contribution in [-0.4, -0.2) is 29.6 Å². The van der Waals surface area contributed by atoms with E-state index in [2.05, 4.69) is 30.1 Å². The summed E-state index contributed by atoms with van der Waals surface area (Å²) >= 11 is 0. The van der Waals surface area contributed by atoms with Gasteiger partial charge in [0.15, 0.2) is 0 Å². The highest BCUT2D eigenvalue weighted by atomic mass is 16.2. The number of primary amides is 1. The number of carbonyl (C=O) groups excluding carboxylic acids is 1. The Labute approximate surface area is 134 Å². The van der Waals surface area contributed by atoms with Crippen molar-refractivity contribution in [2.24, 2.45) is 5.73 Å². The molecule has 2 rings (SSSR count). The summed E-state index contributed by atoms with van der Waals surface area (Å²) in [7, 11) is 0. The van der Waals surface area contributed by atoms with E-state index in [-0.39, 0.29) is 0 Å². The summed E-state index contributed by atoms with van der Waals surface area (Å²) in [6, 6.07) is 8.93. The predicted molar refractivity (Wildman–Crippen MR) is 92.1 cm³/mol. The maximum absolute atomic E-state index is 11.0. The second-order valence-electron chi connectivity index (χ2n) is 6.31. The highest BCUT2D eigenvalue weighted by molar-refractivity contribution is 5.87. The molecule has 4 nitrogen and oxygen atoms in total. The molecule has 22 heavy (non-hydrogen) atoms. The number of nitrogens with one attached hydrogen (secondary N) is 1. The number of hydrogen-bond donors (Lipinski definition) is 2. The fourth-order valence-electron chi connectivity index (χ4n) is 3.69. The maximum atomic E-state index is 11.0. The normalized spacial score (nSPS) is 21.9. The number of nitrogens with two attached hydrogens (primary N) is 1. The first kappa shape index (κ1) is 16.8. The van der Waals surface area contributed by atoms with Crippen molar-refractivity contribution >= 4 is 11.7 Å². The lowest BCUT2D eigenvalue weighted by atomic mass is 10.0. The van der Waals surface area contributed by atoms with Gasteiger partial charge in [0.1, 0.15) is 0 Å². The molecule has 1 aliphatic rings. The van der Waals surface area contributed by atoms with Crippen LogP contribution in [0.15, 0.2) is 24.3 Å². The lowest BCUT2D eigenvalue weighted by Crippen LogP contribution is -2.37. The minimum absolute atomic E-state index is 0.506. The van der Waals surface area contributed by atoms with Gasteiger partial charge in [0.2, 0.25) is 0 Å². The summed E-state index contributed by atoms with van der Waals surface area (Å²) in [5, 5.41) is 2.66. The van der Waals surface area contributed by atoms with Gasteiger partial charge >= 0.3 is 6.03 Å². The Balaban J connectivity index is 2.04.